The first-order chi connectivity index (χ1) is 12.6. The van der Waals surface area contributed by atoms with Gasteiger partial charge >= 0.3 is 12.2 Å². The molecular formula is C15H7F3N2O6S. The number of imide groups is 1. The number of carbonyl (C=O) groups excluding carboxylic acids is 2. The topological polar surface area (TPSA) is 103 Å². The first-order valence-electron chi connectivity index (χ1n) is 7.02. The van der Waals surface area contributed by atoms with Crippen LogP contribution in [0.25, 0.3) is 6.08 Å². The van der Waals surface area contributed by atoms with Gasteiger partial charge in [-0.05, 0) is 42.1 Å². The van der Waals surface area contributed by atoms with E-state index in [1.165, 1.54) is 12.1 Å². The van der Waals surface area contributed by atoms with Crippen molar-refractivity contribution in [3.05, 3.63) is 57.2 Å². The van der Waals surface area contributed by atoms with Crippen LogP contribution in [-0.4, -0.2) is 22.4 Å². The summed E-state index contributed by atoms with van der Waals surface area (Å²) < 4.78 is 45.1. The second-order valence-electron chi connectivity index (χ2n) is 4.99. The van der Waals surface area contributed by atoms with Crippen LogP contribution in [0.1, 0.15) is 5.76 Å². The summed E-state index contributed by atoms with van der Waals surface area (Å²) >= 11 is 0.561. The van der Waals surface area contributed by atoms with Gasteiger partial charge in [-0.1, -0.05) is 0 Å². The van der Waals surface area contributed by atoms with E-state index >= 15 is 0 Å². The van der Waals surface area contributed by atoms with E-state index in [2.05, 4.69) is 4.74 Å². The minimum atomic E-state index is -4.86. The van der Waals surface area contributed by atoms with Crippen molar-refractivity contribution in [1.82, 2.24) is 0 Å². The van der Waals surface area contributed by atoms with Crippen LogP contribution >= 0.6 is 11.8 Å². The number of alkyl halides is 3. The molecule has 0 radical (unpaired) electrons. The molecule has 0 aliphatic carbocycles. The number of hydrogen-bond acceptors (Lipinski definition) is 7. The van der Waals surface area contributed by atoms with Crippen molar-refractivity contribution in [2.75, 3.05) is 4.90 Å². The molecule has 1 fully saturated rings. The van der Waals surface area contributed by atoms with Gasteiger partial charge in [-0.15, -0.1) is 13.2 Å². The lowest BCUT2D eigenvalue weighted by Gasteiger charge is -2.14. The van der Waals surface area contributed by atoms with Crippen molar-refractivity contribution in [1.29, 1.82) is 0 Å². The number of carbonyl (C=O) groups is 2. The van der Waals surface area contributed by atoms with E-state index in [0.717, 1.165) is 35.2 Å². The van der Waals surface area contributed by atoms with Gasteiger partial charge in [-0.2, -0.15) is 0 Å². The Morgan fingerprint density at radius 2 is 1.81 bits per heavy atom. The maximum atomic E-state index is 12.4. The van der Waals surface area contributed by atoms with Gasteiger partial charge in [0, 0.05) is 6.08 Å². The van der Waals surface area contributed by atoms with Gasteiger partial charge < -0.3 is 9.15 Å². The number of ether oxygens (including phenoxy) is 1. The normalized spacial score (nSPS) is 16.3. The lowest BCUT2D eigenvalue weighted by atomic mass is 10.2. The second-order valence-corrected chi connectivity index (χ2v) is 5.99. The van der Waals surface area contributed by atoms with E-state index < -0.39 is 34.1 Å². The Hall–Kier alpha value is -3.28. The molecule has 0 saturated carbocycles. The molecule has 2 amide bonds. The first-order valence-corrected chi connectivity index (χ1v) is 7.84. The van der Waals surface area contributed by atoms with Gasteiger partial charge in [-0.3, -0.25) is 19.7 Å². The van der Waals surface area contributed by atoms with Gasteiger partial charge in [-0.25, -0.2) is 4.90 Å². The fourth-order valence-corrected chi connectivity index (χ4v) is 2.96. The number of halogens is 3. The molecule has 1 aliphatic rings. The van der Waals surface area contributed by atoms with Gasteiger partial charge in [0.25, 0.3) is 11.1 Å². The average Bonchev–Trinajstić information content (AvgIpc) is 3.13. The number of anilines is 1. The monoisotopic (exact) mass is 400 g/mol. The highest BCUT2D eigenvalue weighted by atomic mass is 32.2. The molecule has 2 aromatic rings. The summed E-state index contributed by atoms with van der Waals surface area (Å²) in [6.07, 6.45) is -3.70. The lowest BCUT2D eigenvalue weighted by molar-refractivity contribution is -0.402. The fourth-order valence-electron chi connectivity index (χ4n) is 2.13. The Morgan fingerprint density at radius 3 is 2.37 bits per heavy atom. The molecule has 1 aliphatic heterocycles. The molecule has 1 aromatic carbocycles. The smallest absolute Gasteiger partial charge is 0.406 e. The van der Waals surface area contributed by atoms with E-state index in [1.54, 1.807) is 0 Å². The number of amides is 2. The maximum absolute atomic E-state index is 12.4. The van der Waals surface area contributed by atoms with Gasteiger partial charge in [0.2, 0.25) is 0 Å². The van der Waals surface area contributed by atoms with E-state index in [4.69, 9.17) is 4.42 Å². The number of nitrogens with zero attached hydrogens (tertiary/aromatic N) is 2. The van der Waals surface area contributed by atoms with E-state index in [0.29, 0.717) is 11.8 Å². The van der Waals surface area contributed by atoms with Crippen LogP contribution in [0, 0.1) is 10.1 Å². The van der Waals surface area contributed by atoms with Crippen LogP contribution in [0.15, 0.2) is 45.7 Å². The van der Waals surface area contributed by atoms with Gasteiger partial charge in [0.1, 0.15) is 16.4 Å². The maximum Gasteiger partial charge on any atom is 0.573 e. The predicted octanol–water partition coefficient (Wildman–Crippen LogP) is 4.33. The Kier molecular flexibility index (Phi) is 4.66. The summed E-state index contributed by atoms with van der Waals surface area (Å²) in [5, 5.41) is 9.91. The molecule has 2 heterocycles. The minimum Gasteiger partial charge on any atom is -0.406 e. The Morgan fingerprint density at radius 1 is 1.15 bits per heavy atom. The van der Waals surface area contributed by atoms with Crippen LogP contribution in [0.3, 0.4) is 0 Å². The fraction of sp³-hybridized carbons (Fsp3) is 0.0667. The molecule has 1 saturated heterocycles. The zero-order chi connectivity index (χ0) is 19.8. The van der Waals surface area contributed by atoms with E-state index in [-0.39, 0.29) is 16.4 Å². The van der Waals surface area contributed by atoms with Crippen molar-refractivity contribution < 1.29 is 36.8 Å². The van der Waals surface area contributed by atoms with Crippen LogP contribution in [-0.2, 0) is 4.79 Å². The molecule has 140 valence electrons. The quantitative estimate of drug-likeness (QED) is 0.428. The van der Waals surface area contributed by atoms with E-state index in [9.17, 15) is 32.9 Å². The van der Waals surface area contributed by atoms with Crippen LogP contribution < -0.4 is 9.64 Å². The zero-order valence-corrected chi connectivity index (χ0v) is 13.7. The standard InChI is InChI=1S/C15H7F3N2O6S/c16-15(17,18)26-9-3-1-8(2-4-9)19-13(21)11(27-14(19)22)7-10-5-6-12(25-10)20(23)24/h1-7H/b11-7-. The third-order valence-electron chi connectivity index (χ3n) is 3.19. The van der Waals surface area contributed by atoms with E-state index in [1.807, 2.05) is 0 Å². The minimum absolute atomic E-state index is 0.00104. The average molecular weight is 400 g/mol. The third-order valence-corrected chi connectivity index (χ3v) is 4.06. The van der Waals surface area contributed by atoms with Crippen molar-refractivity contribution in [2.24, 2.45) is 0 Å². The SMILES string of the molecule is O=C1S/C(=C\c2ccc([N+](=O)[O-])o2)C(=O)N1c1ccc(OC(F)(F)F)cc1. The number of benzene rings is 1. The summed E-state index contributed by atoms with van der Waals surface area (Å²) in [6.45, 7) is 0. The zero-order valence-electron chi connectivity index (χ0n) is 12.9. The molecule has 12 heteroatoms. The van der Waals surface area contributed by atoms with Crippen LogP contribution in [0.5, 0.6) is 5.75 Å². The van der Waals surface area contributed by atoms with Gasteiger partial charge in [0.05, 0.1) is 16.7 Å². The highest BCUT2D eigenvalue weighted by Crippen LogP contribution is 2.37. The van der Waals surface area contributed by atoms with Crippen molar-refractivity contribution in [3.8, 4) is 5.75 Å². The molecule has 8 nitrogen and oxygen atoms in total. The molecular weight excluding hydrogens is 393 g/mol. The van der Waals surface area contributed by atoms with Crippen molar-refractivity contribution in [2.45, 2.75) is 6.36 Å². The number of nitro groups is 1. The predicted molar refractivity (Wildman–Crippen MR) is 86.9 cm³/mol. The van der Waals surface area contributed by atoms with Gasteiger partial charge in [0.15, 0.2) is 0 Å². The Bertz CT molecular complexity index is 951. The molecule has 27 heavy (non-hydrogen) atoms. The van der Waals surface area contributed by atoms with Crippen LogP contribution in [0.2, 0.25) is 0 Å². The lowest BCUT2D eigenvalue weighted by Crippen LogP contribution is -2.27. The molecule has 0 bridgehead atoms. The largest absolute Gasteiger partial charge is 0.573 e. The molecule has 0 atom stereocenters. The number of furan rings is 1. The number of hydrogen-bond donors (Lipinski definition) is 0. The summed E-state index contributed by atoms with van der Waals surface area (Å²) in [6, 6.07) is 6.53. The highest BCUT2D eigenvalue weighted by Gasteiger charge is 2.37. The van der Waals surface area contributed by atoms with Crippen LogP contribution in [0.4, 0.5) is 29.5 Å². The second kappa shape index (κ2) is 6.79. The van der Waals surface area contributed by atoms with Crippen molar-refractivity contribution in [3.63, 3.8) is 0 Å². The Labute approximate surface area is 152 Å². The highest BCUT2D eigenvalue weighted by molar-refractivity contribution is 8.19. The summed E-state index contributed by atoms with van der Waals surface area (Å²) in [4.78, 5) is 35.0. The molecule has 0 spiro atoms. The Balaban J connectivity index is 1.81. The first kappa shape index (κ1) is 18.5. The molecule has 3 rings (SSSR count). The third kappa shape index (κ3) is 4.11. The van der Waals surface area contributed by atoms with Crippen molar-refractivity contribution >= 4 is 40.6 Å². The number of thioether (sulfide) groups is 1. The summed E-state index contributed by atoms with van der Waals surface area (Å²) in [7, 11) is 0. The molecule has 0 unspecified atom stereocenters. The number of rotatable bonds is 4. The summed E-state index contributed by atoms with van der Waals surface area (Å²) in [5.41, 5.74) is 0.0425. The molecule has 0 N–H and O–H groups in total. The summed E-state index contributed by atoms with van der Waals surface area (Å²) in [5.74, 6) is -1.77. The molecule has 1 aromatic heterocycles.